The lowest BCUT2D eigenvalue weighted by molar-refractivity contribution is -0.150. The summed E-state index contributed by atoms with van der Waals surface area (Å²) in [7, 11) is 0. The molecule has 0 aromatic carbocycles. The Hall–Kier alpha value is -1.10. The van der Waals surface area contributed by atoms with Crippen LogP contribution in [0.5, 0.6) is 0 Å². The Labute approximate surface area is 127 Å². The smallest absolute Gasteiger partial charge is 0.245 e. The molecular weight excluding hydrogens is 268 g/mol. The van der Waals surface area contributed by atoms with Gasteiger partial charge in [0.25, 0.3) is 0 Å². The first-order valence-electron chi connectivity index (χ1n) is 7.94. The fourth-order valence-corrected chi connectivity index (χ4v) is 3.12. The maximum Gasteiger partial charge on any atom is 0.245 e. The molecule has 2 saturated heterocycles. The van der Waals surface area contributed by atoms with Crippen molar-refractivity contribution in [1.29, 1.82) is 0 Å². The number of hydrogen-bond donors (Lipinski definition) is 1. The molecule has 2 fully saturated rings. The zero-order chi connectivity index (χ0) is 15.8. The van der Waals surface area contributed by atoms with E-state index in [2.05, 4.69) is 0 Å². The zero-order valence-electron chi connectivity index (χ0n) is 13.7. The van der Waals surface area contributed by atoms with Crippen LogP contribution in [0.3, 0.4) is 0 Å². The molecule has 2 aliphatic rings. The minimum Gasteiger partial charge on any atom is -0.390 e. The molecule has 1 atom stereocenters. The Bertz CT molecular complexity index is 416. The molecule has 1 N–H and O–H groups in total. The Morgan fingerprint density at radius 1 is 1.14 bits per heavy atom. The highest BCUT2D eigenvalue weighted by Gasteiger charge is 2.41. The topological polar surface area (TPSA) is 60.9 Å². The highest BCUT2D eigenvalue weighted by atomic mass is 16.3. The number of carbonyl (C=O) groups is 2. The molecule has 0 bridgehead atoms. The molecule has 120 valence electrons. The van der Waals surface area contributed by atoms with Crippen LogP contribution < -0.4 is 0 Å². The van der Waals surface area contributed by atoms with Crippen LogP contribution in [-0.4, -0.2) is 58.0 Å². The van der Waals surface area contributed by atoms with Crippen LogP contribution in [0.1, 0.15) is 53.4 Å². The summed E-state index contributed by atoms with van der Waals surface area (Å²) in [5.74, 6) is 0.114. The van der Waals surface area contributed by atoms with Crippen LogP contribution in [0, 0.1) is 5.41 Å². The van der Waals surface area contributed by atoms with Crippen molar-refractivity contribution in [3.8, 4) is 0 Å². The minimum absolute atomic E-state index is 0.0561. The monoisotopic (exact) mass is 296 g/mol. The number of piperidine rings is 1. The van der Waals surface area contributed by atoms with Crippen molar-refractivity contribution in [2.75, 3.05) is 19.6 Å². The highest BCUT2D eigenvalue weighted by Crippen LogP contribution is 2.28. The number of carbonyl (C=O) groups excluding carboxylic acids is 2. The van der Waals surface area contributed by atoms with E-state index in [1.54, 1.807) is 4.90 Å². The Morgan fingerprint density at radius 3 is 2.24 bits per heavy atom. The molecule has 0 saturated carbocycles. The van der Waals surface area contributed by atoms with Crippen LogP contribution in [-0.2, 0) is 9.59 Å². The Morgan fingerprint density at radius 2 is 1.71 bits per heavy atom. The van der Waals surface area contributed by atoms with E-state index in [4.69, 9.17) is 0 Å². The van der Waals surface area contributed by atoms with Gasteiger partial charge in [0, 0.05) is 25.0 Å². The molecule has 0 radical (unpaired) electrons. The normalized spacial score (nSPS) is 26.0. The van der Waals surface area contributed by atoms with Gasteiger partial charge in [0.2, 0.25) is 11.8 Å². The van der Waals surface area contributed by atoms with E-state index in [-0.39, 0.29) is 17.9 Å². The minimum atomic E-state index is -0.659. The number of aliphatic hydroxyl groups is 1. The van der Waals surface area contributed by atoms with Crippen LogP contribution in [0.15, 0.2) is 0 Å². The fraction of sp³-hybridized carbons (Fsp3) is 0.875. The molecule has 21 heavy (non-hydrogen) atoms. The summed E-state index contributed by atoms with van der Waals surface area (Å²) in [5, 5.41) is 9.98. The Balaban J connectivity index is 2.03. The lowest BCUT2D eigenvalue weighted by Gasteiger charge is -2.39. The van der Waals surface area contributed by atoms with Gasteiger partial charge in [-0.25, -0.2) is 0 Å². The predicted octanol–water partition coefficient (Wildman–Crippen LogP) is 1.40. The maximum absolute atomic E-state index is 12.7. The molecule has 0 aromatic heterocycles. The van der Waals surface area contributed by atoms with Crippen LogP contribution >= 0.6 is 0 Å². The summed E-state index contributed by atoms with van der Waals surface area (Å²) in [5.41, 5.74) is -1.11. The van der Waals surface area contributed by atoms with E-state index >= 15 is 0 Å². The van der Waals surface area contributed by atoms with E-state index in [0.29, 0.717) is 32.5 Å². The summed E-state index contributed by atoms with van der Waals surface area (Å²) in [6.45, 7) is 9.35. The standard InChI is InChI=1S/C16H28N2O3/c1-15(2,3)14(20)18-9-5-6-12(18)13(19)17-10-7-16(4,21)8-11-17/h12,21H,5-11H2,1-4H3. The predicted molar refractivity (Wildman–Crippen MR) is 80.6 cm³/mol. The van der Waals surface area contributed by atoms with Gasteiger partial charge in [-0.15, -0.1) is 0 Å². The van der Waals surface area contributed by atoms with Crippen LogP contribution in [0.2, 0.25) is 0 Å². The largest absolute Gasteiger partial charge is 0.390 e. The first-order valence-corrected chi connectivity index (χ1v) is 7.94. The number of nitrogens with zero attached hydrogens (tertiary/aromatic N) is 2. The van der Waals surface area contributed by atoms with Gasteiger partial charge in [-0.05, 0) is 32.6 Å². The van der Waals surface area contributed by atoms with E-state index in [1.165, 1.54) is 0 Å². The summed E-state index contributed by atoms with van der Waals surface area (Å²) in [4.78, 5) is 28.8. The second-order valence-corrected chi connectivity index (χ2v) is 7.73. The SMILES string of the molecule is CC1(O)CCN(C(=O)C2CCCN2C(=O)C(C)(C)C)CC1. The molecule has 2 rings (SSSR count). The molecule has 1 unspecified atom stereocenters. The van der Waals surface area contributed by atoms with Gasteiger partial charge in [-0.2, -0.15) is 0 Å². The summed E-state index contributed by atoms with van der Waals surface area (Å²) >= 11 is 0. The van der Waals surface area contributed by atoms with E-state index in [0.717, 1.165) is 12.8 Å². The van der Waals surface area contributed by atoms with Gasteiger partial charge in [-0.1, -0.05) is 20.8 Å². The second-order valence-electron chi connectivity index (χ2n) is 7.73. The van der Waals surface area contributed by atoms with Gasteiger partial charge >= 0.3 is 0 Å². The summed E-state index contributed by atoms with van der Waals surface area (Å²) in [6, 6.07) is -0.306. The third-order valence-electron chi connectivity index (χ3n) is 4.59. The average Bonchev–Trinajstić information content (AvgIpc) is 2.84. The van der Waals surface area contributed by atoms with Gasteiger partial charge in [0.1, 0.15) is 6.04 Å². The highest BCUT2D eigenvalue weighted by molar-refractivity contribution is 5.90. The number of hydrogen-bond acceptors (Lipinski definition) is 3. The van der Waals surface area contributed by atoms with Crippen molar-refractivity contribution in [3.63, 3.8) is 0 Å². The second kappa shape index (κ2) is 5.59. The van der Waals surface area contributed by atoms with Crippen molar-refractivity contribution >= 4 is 11.8 Å². The lowest BCUT2D eigenvalue weighted by Crippen LogP contribution is -2.53. The number of likely N-dealkylation sites (tertiary alicyclic amines) is 2. The molecule has 0 aliphatic carbocycles. The third-order valence-corrected chi connectivity index (χ3v) is 4.59. The van der Waals surface area contributed by atoms with Crippen LogP contribution in [0.4, 0.5) is 0 Å². The Kier molecular flexibility index (Phi) is 4.34. The van der Waals surface area contributed by atoms with Gasteiger partial charge < -0.3 is 14.9 Å². The van der Waals surface area contributed by atoms with Crippen molar-refractivity contribution in [1.82, 2.24) is 9.80 Å². The molecule has 2 heterocycles. The van der Waals surface area contributed by atoms with Crippen molar-refractivity contribution in [3.05, 3.63) is 0 Å². The van der Waals surface area contributed by atoms with E-state index in [1.807, 2.05) is 32.6 Å². The first kappa shape index (κ1) is 16.3. The van der Waals surface area contributed by atoms with E-state index < -0.39 is 11.0 Å². The number of rotatable bonds is 1. The maximum atomic E-state index is 12.7. The fourth-order valence-electron chi connectivity index (χ4n) is 3.12. The summed E-state index contributed by atoms with van der Waals surface area (Å²) < 4.78 is 0. The quantitative estimate of drug-likeness (QED) is 0.795. The lowest BCUT2D eigenvalue weighted by atomic mass is 9.92. The van der Waals surface area contributed by atoms with Gasteiger partial charge in [-0.3, -0.25) is 9.59 Å². The van der Waals surface area contributed by atoms with Gasteiger partial charge in [0.05, 0.1) is 5.60 Å². The average molecular weight is 296 g/mol. The molecular formula is C16H28N2O3. The molecule has 0 spiro atoms. The van der Waals surface area contributed by atoms with Crippen LogP contribution in [0.25, 0.3) is 0 Å². The molecule has 5 nitrogen and oxygen atoms in total. The third kappa shape index (κ3) is 3.57. The summed E-state index contributed by atoms with van der Waals surface area (Å²) in [6.07, 6.45) is 2.87. The van der Waals surface area contributed by atoms with E-state index in [9.17, 15) is 14.7 Å². The molecule has 2 aliphatic heterocycles. The number of amides is 2. The van der Waals surface area contributed by atoms with Gasteiger partial charge in [0.15, 0.2) is 0 Å². The molecule has 2 amide bonds. The van der Waals surface area contributed by atoms with Crippen molar-refractivity contribution in [2.45, 2.75) is 65.0 Å². The molecule has 0 aromatic rings. The zero-order valence-corrected chi connectivity index (χ0v) is 13.7. The van der Waals surface area contributed by atoms with Crippen molar-refractivity contribution < 1.29 is 14.7 Å². The molecule has 5 heteroatoms. The van der Waals surface area contributed by atoms with Crippen molar-refractivity contribution in [2.24, 2.45) is 5.41 Å². The first-order chi connectivity index (χ1) is 9.62.